The number of ether oxygens (including phenoxy) is 2. The topological polar surface area (TPSA) is 18.5 Å². The molecule has 1 atom stereocenters. The fourth-order valence-corrected chi connectivity index (χ4v) is 2.55. The van der Waals surface area contributed by atoms with E-state index in [1.165, 1.54) is 0 Å². The van der Waals surface area contributed by atoms with Crippen LogP contribution in [-0.4, -0.2) is 13.7 Å². The molecular weight excluding hydrogens is 272 g/mol. The highest BCUT2D eigenvalue weighted by atomic mass is 35.5. The van der Waals surface area contributed by atoms with Crippen LogP contribution in [0.15, 0.2) is 48.5 Å². The third kappa shape index (κ3) is 3.45. The minimum absolute atomic E-state index is 0.144. The van der Waals surface area contributed by atoms with Gasteiger partial charge in [0.15, 0.2) is 0 Å². The zero-order valence-corrected chi connectivity index (χ0v) is 12.6. The lowest BCUT2D eigenvalue weighted by Gasteiger charge is -2.16. The second kappa shape index (κ2) is 7.20. The molecule has 20 heavy (non-hydrogen) atoms. The largest absolute Gasteiger partial charge is 0.496 e. The Labute approximate surface area is 125 Å². The first-order valence-electron chi connectivity index (χ1n) is 6.74. The van der Waals surface area contributed by atoms with E-state index in [4.69, 9.17) is 21.1 Å². The van der Waals surface area contributed by atoms with E-state index in [0.717, 1.165) is 22.6 Å². The Kier molecular flexibility index (Phi) is 5.31. The maximum absolute atomic E-state index is 6.58. The van der Waals surface area contributed by atoms with Gasteiger partial charge in [0.1, 0.15) is 11.5 Å². The van der Waals surface area contributed by atoms with Gasteiger partial charge in [0.2, 0.25) is 0 Å². The lowest BCUT2D eigenvalue weighted by Crippen LogP contribution is -2.02. The second-order valence-corrected chi connectivity index (χ2v) is 4.98. The van der Waals surface area contributed by atoms with Crippen LogP contribution in [0.1, 0.15) is 23.4 Å². The van der Waals surface area contributed by atoms with Crippen LogP contribution in [0.5, 0.6) is 11.5 Å². The quantitative estimate of drug-likeness (QED) is 0.723. The minimum atomic E-state index is -0.144. The first kappa shape index (κ1) is 14.7. The van der Waals surface area contributed by atoms with Crippen LogP contribution in [0.25, 0.3) is 0 Å². The van der Waals surface area contributed by atoms with E-state index in [1.807, 2.05) is 55.5 Å². The number of methoxy groups -OCH3 is 1. The molecule has 0 amide bonds. The summed E-state index contributed by atoms with van der Waals surface area (Å²) in [5.74, 6) is 1.72. The average molecular weight is 291 g/mol. The molecule has 2 nitrogen and oxygen atoms in total. The van der Waals surface area contributed by atoms with Gasteiger partial charge >= 0.3 is 0 Å². The van der Waals surface area contributed by atoms with Gasteiger partial charge in [-0.3, -0.25) is 0 Å². The summed E-state index contributed by atoms with van der Waals surface area (Å²) in [6.07, 6.45) is 0.704. The number of alkyl halides is 1. The SMILES string of the molecule is CCOc1ccccc1C(Cl)Cc1ccccc1OC. The van der Waals surface area contributed by atoms with Crippen molar-refractivity contribution in [2.75, 3.05) is 13.7 Å². The monoisotopic (exact) mass is 290 g/mol. The van der Waals surface area contributed by atoms with Crippen LogP contribution in [0.3, 0.4) is 0 Å². The molecule has 0 bridgehead atoms. The highest BCUT2D eigenvalue weighted by Crippen LogP contribution is 2.34. The van der Waals surface area contributed by atoms with Gasteiger partial charge in [-0.2, -0.15) is 0 Å². The first-order chi connectivity index (χ1) is 9.76. The van der Waals surface area contributed by atoms with E-state index in [2.05, 4.69) is 0 Å². The molecule has 0 saturated carbocycles. The molecule has 0 heterocycles. The predicted octanol–water partition coefficient (Wildman–Crippen LogP) is 4.62. The number of halogens is 1. The Bertz CT molecular complexity index is 554. The molecule has 0 spiro atoms. The van der Waals surface area contributed by atoms with Gasteiger partial charge in [0.25, 0.3) is 0 Å². The summed E-state index contributed by atoms with van der Waals surface area (Å²) in [7, 11) is 1.68. The van der Waals surface area contributed by atoms with Crippen molar-refractivity contribution in [1.29, 1.82) is 0 Å². The number of benzene rings is 2. The fourth-order valence-electron chi connectivity index (χ4n) is 2.20. The lowest BCUT2D eigenvalue weighted by molar-refractivity contribution is 0.336. The molecule has 0 aliphatic carbocycles. The van der Waals surface area contributed by atoms with Crippen LogP contribution in [0, 0.1) is 0 Å². The Morgan fingerprint density at radius 1 is 1.00 bits per heavy atom. The molecule has 0 aliphatic rings. The third-order valence-corrected chi connectivity index (χ3v) is 3.54. The van der Waals surface area contributed by atoms with E-state index >= 15 is 0 Å². The van der Waals surface area contributed by atoms with Gasteiger partial charge in [-0.15, -0.1) is 11.6 Å². The minimum Gasteiger partial charge on any atom is -0.496 e. The van der Waals surface area contributed by atoms with Crippen LogP contribution < -0.4 is 9.47 Å². The molecule has 0 aromatic heterocycles. The molecule has 0 saturated heterocycles. The first-order valence-corrected chi connectivity index (χ1v) is 7.17. The smallest absolute Gasteiger partial charge is 0.123 e. The molecule has 0 fully saturated rings. The van der Waals surface area contributed by atoms with Gasteiger partial charge in [0.05, 0.1) is 19.1 Å². The van der Waals surface area contributed by atoms with Gasteiger partial charge in [0, 0.05) is 5.56 Å². The summed E-state index contributed by atoms with van der Waals surface area (Å²) >= 11 is 6.58. The molecule has 0 radical (unpaired) electrons. The maximum Gasteiger partial charge on any atom is 0.123 e. The zero-order chi connectivity index (χ0) is 14.4. The van der Waals surface area contributed by atoms with Gasteiger partial charge < -0.3 is 9.47 Å². The second-order valence-electron chi connectivity index (χ2n) is 4.45. The lowest BCUT2D eigenvalue weighted by atomic mass is 10.0. The Morgan fingerprint density at radius 2 is 1.65 bits per heavy atom. The molecule has 3 heteroatoms. The molecule has 2 aromatic rings. The third-order valence-electron chi connectivity index (χ3n) is 3.15. The highest BCUT2D eigenvalue weighted by molar-refractivity contribution is 6.21. The van der Waals surface area contributed by atoms with E-state index < -0.39 is 0 Å². The molecular formula is C17H19ClO2. The average Bonchev–Trinajstić information content (AvgIpc) is 2.48. The summed E-state index contributed by atoms with van der Waals surface area (Å²) < 4.78 is 11.0. The van der Waals surface area contributed by atoms with Crippen molar-refractivity contribution >= 4 is 11.6 Å². The maximum atomic E-state index is 6.58. The van der Waals surface area contributed by atoms with E-state index in [9.17, 15) is 0 Å². The zero-order valence-electron chi connectivity index (χ0n) is 11.8. The summed E-state index contributed by atoms with van der Waals surface area (Å²) in [6, 6.07) is 15.9. The van der Waals surface area contributed by atoms with Crippen molar-refractivity contribution in [2.45, 2.75) is 18.7 Å². The van der Waals surface area contributed by atoms with Crippen LogP contribution in [0.2, 0.25) is 0 Å². The van der Waals surface area contributed by atoms with Crippen molar-refractivity contribution in [3.8, 4) is 11.5 Å². The van der Waals surface area contributed by atoms with Crippen molar-refractivity contribution in [2.24, 2.45) is 0 Å². The van der Waals surface area contributed by atoms with Crippen LogP contribution in [-0.2, 0) is 6.42 Å². The van der Waals surface area contributed by atoms with Crippen molar-refractivity contribution in [3.05, 3.63) is 59.7 Å². The number of para-hydroxylation sites is 2. The molecule has 1 unspecified atom stereocenters. The molecule has 0 aliphatic heterocycles. The van der Waals surface area contributed by atoms with Crippen molar-refractivity contribution < 1.29 is 9.47 Å². The summed E-state index contributed by atoms with van der Waals surface area (Å²) in [5.41, 5.74) is 2.11. The fraction of sp³-hybridized carbons (Fsp3) is 0.294. The van der Waals surface area contributed by atoms with Gasteiger partial charge in [-0.1, -0.05) is 36.4 Å². The Balaban J connectivity index is 2.21. The summed E-state index contributed by atoms with van der Waals surface area (Å²) in [6.45, 7) is 2.61. The van der Waals surface area contributed by atoms with E-state index in [0.29, 0.717) is 13.0 Å². The number of rotatable bonds is 6. The summed E-state index contributed by atoms with van der Waals surface area (Å²) in [5, 5.41) is -0.144. The molecule has 0 N–H and O–H groups in total. The Morgan fingerprint density at radius 3 is 2.35 bits per heavy atom. The molecule has 2 aromatic carbocycles. The van der Waals surface area contributed by atoms with Crippen LogP contribution >= 0.6 is 11.6 Å². The molecule has 2 rings (SSSR count). The highest BCUT2D eigenvalue weighted by Gasteiger charge is 2.15. The van der Waals surface area contributed by atoms with Crippen molar-refractivity contribution in [3.63, 3.8) is 0 Å². The van der Waals surface area contributed by atoms with Gasteiger partial charge in [-0.25, -0.2) is 0 Å². The van der Waals surface area contributed by atoms with Gasteiger partial charge in [-0.05, 0) is 31.0 Å². The molecule has 106 valence electrons. The predicted molar refractivity (Wildman–Crippen MR) is 82.9 cm³/mol. The number of hydrogen-bond acceptors (Lipinski definition) is 2. The van der Waals surface area contributed by atoms with Crippen molar-refractivity contribution in [1.82, 2.24) is 0 Å². The standard InChI is InChI=1S/C17H19ClO2/c1-3-20-17-11-7-5-9-14(17)15(18)12-13-8-4-6-10-16(13)19-2/h4-11,15H,3,12H2,1-2H3. The van der Waals surface area contributed by atoms with Crippen LogP contribution in [0.4, 0.5) is 0 Å². The number of hydrogen-bond donors (Lipinski definition) is 0. The summed E-state index contributed by atoms with van der Waals surface area (Å²) in [4.78, 5) is 0. The normalized spacial score (nSPS) is 11.9. The van der Waals surface area contributed by atoms with E-state index in [-0.39, 0.29) is 5.38 Å². The Hall–Kier alpha value is -1.67. The van der Waals surface area contributed by atoms with E-state index in [1.54, 1.807) is 7.11 Å².